The van der Waals surface area contributed by atoms with Gasteiger partial charge in [-0.1, -0.05) is 32.5 Å². The Kier molecular flexibility index (Phi) is 14.5. The topological polar surface area (TPSA) is 42.0 Å². The molecular weight excluding hydrogens is 403 g/mol. The third-order valence-electron chi connectivity index (χ3n) is 4.86. The SMILES string of the molecule is CCC(C)(C)C(=O)SCOCCCOP(N(C(C)C)C(C)C)N(C(C)C)C(C)C. The minimum Gasteiger partial charge on any atom is -0.370 e. The second-order valence-electron chi connectivity index (χ2n) is 9.27. The number of ether oxygens (including phenoxy) is 1. The van der Waals surface area contributed by atoms with Gasteiger partial charge < -0.3 is 9.26 Å². The van der Waals surface area contributed by atoms with E-state index in [1.807, 2.05) is 20.8 Å². The van der Waals surface area contributed by atoms with Crippen molar-refractivity contribution in [3.63, 3.8) is 0 Å². The van der Waals surface area contributed by atoms with E-state index in [2.05, 4.69) is 64.7 Å². The standard InChI is InChI=1S/C22H47N2O3PS/c1-12-22(10,11)21(25)29-16-26-14-13-15-27-28(23(17(2)3)18(4)5)24(19(6)7)20(8)9/h17-20H,12-16H2,1-11H3. The fourth-order valence-electron chi connectivity index (χ4n) is 3.04. The van der Waals surface area contributed by atoms with E-state index < -0.39 is 8.45 Å². The Morgan fingerprint density at radius 1 is 0.897 bits per heavy atom. The lowest BCUT2D eigenvalue weighted by molar-refractivity contribution is -0.118. The first-order chi connectivity index (χ1) is 13.4. The second-order valence-corrected chi connectivity index (χ2v) is 11.9. The van der Waals surface area contributed by atoms with Crippen molar-refractivity contribution >= 4 is 25.3 Å². The number of thioether (sulfide) groups is 1. The van der Waals surface area contributed by atoms with Gasteiger partial charge in [-0.25, -0.2) is 9.34 Å². The molecule has 0 saturated carbocycles. The number of hydrogen-bond donors (Lipinski definition) is 0. The van der Waals surface area contributed by atoms with Crippen molar-refractivity contribution < 1.29 is 14.1 Å². The normalized spacial score (nSPS) is 13.3. The Morgan fingerprint density at radius 2 is 1.34 bits per heavy atom. The Morgan fingerprint density at radius 3 is 1.72 bits per heavy atom. The van der Waals surface area contributed by atoms with Crippen LogP contribution in [0.4, 0.5) is 0 Å². The highest BCUT2D eigenvalue weighted by Gasteiger charge is 2.34. The fourth-order valence-corrected chi connectivity index (χ4v) is 6.26. The zero-order valence-electron chi connectivity index (χ0n) is 20.8. The van der Waals surface area contributed by atoms with Crippen LogP contribution in [-0.4, -0.2) is 57.8 Å². The first-order valence-electron chi connectivity index (χ1n) is 11.1. The van der Waals surface area contributed by atoms with Crippen molar-refractivity contribution in [2.75, 3.05) is 19.2 Å². The predicted molar refractivity (Wildman–Crippen MR) is 129 cm³/mol. The van der Waals surface area contributed by atoms with Gasteiger partial charge in [0.15, 0.2) is 13.6 Å². The third kappa shape index (κ3) is 10.4. The maximum absolute atomic E-state index is 12.1. The van der Waals surface area contributed by atoms with Crippen molar-refractivity contribution in [3.05, 3.63) is 0 Å². The summed E-state index contributed by atoms with van der Waals surface area (Å²) in [6.45, 7) is 25.2. The minimum absolute atomic E-state index is 0.203. The van der Waals surface area contributed by atoms with Gasteiger partial charge in [-0.05, 0) is 68.2 Å². The molecule has 0 N–H and O–H groups in total. The molecule has 29 heavy (non-hydrogen) atoms. The summed E-state index contributed by atoms with van der Waals surface area (Å²) in [7, 11) is -0.846. The molecule has 0 bridgehead atoms. The number of carbonyl (C=O) groups excluding carboxylic acids is 1. The summed E-state index contributed by atoms with van der Waals surface area (Å²) >= 11 is 1.28. The van der Waals surface area contributed by atoms with Gasteiger partial charge in [0.1, 0.15) is 0 Å². The highest BCUT2D eigenvalue weighted by atomic mass is 32.2. The van der Waals surface area contributed by atoms with Gasteiger partial charge in [-0.2, -0.15) is 0 Å². The van der Waals surface area contributed by atoms with Crippen LogP contribution in [-0.2, 0) is 14.1 Å². The molecule has 0 heterocycles. The Balaban J connectivity index is 4.67. The summed E-state index contributed by atoms with van der Waals surface area (Å²) < 4.78 is 17.1. The van der Waals surface area contributed by atoms with Gasteiger partial charge in [0.25, 0.3) is 0 Å². The van der Waals surface area contributed by atoms with Gasteiger partial charge in [0.2, 0.25) is 0 Å². The lowest BCUT2D eigenvalue weighted by Crippen LogP contribution is -2.43. The van der Waals surface area contributed by atoms with E-state index in [-0.39, 0.29) is 10.5 Å². The molecule has 5 nitrogen and oxygen atoms in total. The summed E-state index contributed by atoms with van der Waals surface area (Å²) in [5, 5.41) is 0.203. The van der Waals surface area contributed by atoms with Crippen LogP contribution in [0.15, 0.2) is 0 Å². The number of nitrogens with zero attached hydrogens (tertiary/aromatic N) is 2. The second kappa shape index (κ2) is 14.4. The molecule has 0 fully saturated rings. The third-order valence-corrected chi connectivity index (χ3v) is 9.01. The molecule has 174 valence electrons. The average molecular weight is 451 g/mol. The van der Waals surface area contributed by atoms with Crippen molar-refractivity contribution in [1.29, 1.82) is 0 Å². The summed E-state index contributed by atoms with van der Waals surface area (Å²) in [6, 6.07) is 1.67. The minimum atomic E-state index is -0.846. The van der Waals surface area contributed by atoms with Gasteiger partial charge in [0.05, 0.1) is 12.5 Å². The van der Waals surface area contributed by atoms with Crippen molar-refractivity contribution in [1.82, 2.24) is 9.34 Å². The van der Waals surface area contributed by atoms with Crippen LogP contribution in [0.2, 0.25) is 0 Å². The predicted octanol–water partition coefficient (Wildman–Crippen LogP) is 6.53. The van der Waals surface area contributed by atoms with Crippen molar-refractivity contribution in [2.24, 2.45) is 5.41 Å². The Labute approximate surface area is 186 Å². The molecule has 0 radical (unpaired) electrons. The van der Waals surface area contributed by atoms with Gasteiger partial charge in [-0.15, -0.1) is 0 Å². The van der Waals surface area contributed by atoms with Gasteiger partial charge in [-0.3, -0.25) is 4.79 Å². The van der Waals surface area contributed by atoms with Crippen LogP contribution in [0.25, 0.3) is 0 Å². The molecule has 7 heteroatoms. The van der Waals surface area contributed by atoms with E-state index >= 15 is 0 Å². The molecule has 0 amide bonds. The molecule has 0 aromatic heterocycles. The molecular formula is C22H47N2O3PS. The smallest absolute Gasteiger partial charge is 0.196 e. The van der Waals surface area contributed by atoms with Crippen LogP contribution in [0.1, 0.15) is 89.0 Å². The number of carbonyl (C=O) groups is 1. The van der Waals surface area contributed by atoms with Crippen molar-refractivity contribution in [2.45, 2.75) is 113 Å². The molecule has 0 aliphatic carbocycles. The van der Waals surface area contributed by atoms with Crippen LogP contribution in [0, 0.1) is 5.41 Å². The quantitative estimate of drug-likeness (QED) is 0.161. The first-order valence-corrected chi connectivity index (χ1v) is 13.3. The highest BCUT2D eigenvalue weighted by Crippen LogP contribution is 2.50. The Hall–Kier alpha value is 0.290. The molecule has 0 aromatic carbocycles. The number of hydrogen-bond acceptors (Lipinski definition) is 6. The van der Waals surface area contributed by atoms with E-state index in [4.69, 9.17) is 9.26 Å². The molecule has 0 aromatic rings. The van der Waals surface area contributed by atoms with Crippen LogP contribution in [0.3, 0.4) is 0 Å². The van der Waals surface area contributed by atoms with Gasteiger partial charge >= 0.3 is 0 Å². The summed E-state index contributed by atoms with van der Waals surface area (Å²) in [4.78, 5) is 12.1. The molecule has 0 saturated heterocycles. The van der Waals surface area contributed by atoms with E-state index in [0.29, 0.717) is 43.3 Å². The monoisotopic (exact) mass is 450 g/mol. The first kappa shape index (κ1) is 29.3. The molecule has 0 unspecified atom stereocenters. The van der Waals surface area contributed by atoms with E-state index in [9.17, 15) is 4.79 Å². The molecule has 0 aliphatic rings. The maximum Gasteiger partial charge on any atom is 0.196 e. The fraction of sp³-hybridized carbons (Fsp3) is 0.955. The largest absolute Gasteiger partial charge is 0.370 e. The van der Waals surface area contributed by atoms with Crippen LogP contribution >= 0.6 is 20.2 Å². The molecule has 0 aliphatic heterocycles. The van der Waals surface area contributed by atoms with Crippen LogP contribution in [0.5, 0.6) is 0 Å². The maximum atomic E-state index is 12.1. The van der Waals surface area contributed by atoms with Crippen LogP contribution < -0.4 is 0 Å². The van der Waals surface area contributed by atoms with Gasteiger partial charge in [0, 0.05) is 36.2 Å². The molecule has 0 atom stereocenters. The summed E-state index contributed by atoms with van der Waals surface area (Å²) in [5.41, 5.74) is -0.277. The molecule has 0 spiro atoms. The van der Waals surface area contributed by atoms with E-state index in [1.165, 1.54) is 11.8 Å². The average Bonchev–Trinajstić information content (AvgIpc) is 2.58. The van der Waals surface area contributed by atoms with E-state index in [0.717, 1.165) is 12.8 Å². The zero-order chi connectivity index (χ0) is 22.8. The van der Waals surface area contributed by atoms with E-state index in [1.54, 1.807) is 0 Å². The summed E-state index contributed by atoms with van der Waals surface area (Å²) in [6.07, 6.45) is 1.68. The number of rotatable bonds is 15. The Bertz CT molecular complexity index is 423. The molecule has 0 rings (SSSR count). The zero-order valence-corrected chi connectivity index (χ0v) is 22.5. The lowest BCUT2D eigenvalue weighted by atomic mass is 9.92. The van der Waals surface area contributed by atoms with Crippen molar-refractivity contribution in [3.8, 4) is 0 Å². The summed E-state index contributed by atoms with van der Waals surface area (Å²) in [5.74, 6) is 0.422. The lowest BCUT2D eigenvalue weighted by Gasteiger charge is -2.45. The highest BCUT2D eigenvalue weighted by molar-refractivity contribution is 8.13.